The van der Waals surface area contributed by atoms with Crippen LogP contribution in [0.5, 0.6) is 0 Å². The number of ether oxygens (including phenoxy) is 1. The van der Waals surface area contributed by atoms with Gasteiger partial charge in [0.15, 0.2) is 0 Å². The molecule has 3 amide bonds. The van der Waals surface area contributed by atoms with Crippen molar-refractivity contribution in [2.45, 2.75) is 77.0 Å². The molecule has 1 aromatic carbocycles. The summed E-state index contributed by atoms with van der Waals surface area (Å²) >= 11 is 0. The van der Waals surface area contributed by atoms with E-state index in [0.717, 1.165) is 44.0 Å². The number of Topliss-reactive ketones (excluding diaryl/α,β-unsaturated/α-hetero) is 2. The first-order valence-corrected chi connectivity index (χ1v) is 13.8. The molecule has 41 heavy (non-hydrogen) atoms. The van der Waals surface area contributed by atoms with Gasteiger partial charge in [0.25, 0.3) is 0 Å². The second kappa shape index (κ2) is 25.5. The van der Waals surface area contributed by atoms with Crippen molar-refractivity contribution in [3.8, 4) is 0 Å². The molecular formula is C29H41N3O7Rb2. The summed E-state index contributed by atoms with van der Waals surface area (Å²) in [6.07, 6.45) is 7.51. The molecule has 0 aliphatic heterocycles. The fraction of sp³-hybridized carbons (Fsp3) is 0.586. The van der Waals surface area contributed by atoms with Crippen LogP contribution in [-0.4, -0.2) is 61.9 Å². The van der Waals surface area contributed by atoms with Crippen LogP contribution in [0.15, 0.2) is 24.3 Å². The number of aldehydes is 1. The van der Waals surface area contributed by atoms with Crippen molar-refractivity contribution in [1.29, 1.82) is 0 Å². The summed E-state index contributed by atoms with van der Waals surface area (Å²) in [5.41, 5.74) is 1.13. The fourth-order valence-corrected chi connectivity index (χ4v) is 4.22. The first-order valence-electron chi connectivity index (χ1n) is 13.8. The van der Waals surface area contributed by atoms with Crippen LogP contribution in [-0.2, 0) is 39.9 Å². The van der Waals surface area contributed by atoms with E-state index >= 15 is 0 Å². The first kappa shape index (κ1) is 41.2. The number of hydrogen-bond acceptors (Lipinski definition) is 7. The average Bonchev–Trinajstić information content (AvgIpc) is 2.91. The van der Waals surface area contributed by atoms with Crippen molar-refractivity contribution in [3.63, 3.8) is 0 Å². The Morgan fingerprint density at radius 1 is 0.976 bits per heavy atom. The van der Waals surface area contributed by atoms with Gasteiger partial charge in [0, 0.05) is 53.3 Å². The van der Waals surface area contributed by atoms with Crippen molar-refractivity contribution in [2.24, 2.45) is 5.92 Å². The molecule has 1 atom stereocenters. The van der Waals surface area contributed by atoms with Crippen LogP contribution in [0, 0.1) is 5.92 Å². The summed E-state index contributed by atoms with van der Waals surface area (Å²) in [4.78, 5) is 70.4. The maximum atomic E-state index is 12.4. The molecule has 1 aliphatic carbocycles. The van der Waals surface area contributed by atoms with Crippen molar-refractivity contribution in [2.75, 3.05) is 26.3 Å². The molecule has 0 radical (unpaired) electrons. The summed E-state index contributed by atoms with van der Waals surface area (Å²) in [5.74, 6) is -1.79. The topological polar surface area (TPSA) is 152 Å². The van der Waals surface area contributed by atoms with E-state index in [9.17, 15) is 28.8 Å². The van der Waals surface area contributed by atoms with Gasteiger partial charge in [-0.2, -0.15) is 0 Å². The SMILES string of the molecule is O=CCCCCCNC(=O)CCCOCC[N-]C(=O)CC(=O)[N-]c1ccc(CC(=O)C2CCCCC2=O)cc1.[HH].[Rb+].[Rb+]. The minimum atomic E-state index is -0.615. The smallest absolute Gasteiger partial charge is 0.651 e. The molecular weight excluding hydrogens is 673 g/mol. The average molecular weight is 715 g/mol. The molecule has 0 saturated heterocycles. The zero-order valence-electron chi connectivity index (χ0n) is 24.5. The van der Waals surface area contributed by atoms with E-state index in [1.165, 1.54) is 0 Å². The normalized spacial score (nSPS) is 14.1. The van der Waals surface area contributed by atoms with Crippen molar-refractivity contribution in [3.05, 3.63) is 40.5 Å². The molecule has 2 rings (SSSR count). The Labute approximate surface area is 342 Å². The molecule has 1 fully saturated rings. The van der Waals surface area contributed by atoms with Gasteiger partial charge in [0.05, 0.1) is 17.7 Å². The third kappa shape index (κ3) is 19.3. The molecule has 0 bridgehead atoms. The van der Waals surface area contributed by atoms with E-state index in [0.29, 0.717) is 50.9 Å². The van der Waals surface area contributed by atoms with Crippen molar-refractivity contribution >= 4 is 41.3 Å². The number of unbranched alkanes of at least 4 members (excludes halogenated alkanes) is 3. The Hall–Kier alpha value is 0.210. The van der Waals surface area contributed by atoms with Crippen LogP contribution in [0.2, 0.25) is 0 Å². The second-order valence-electron chi connectivity index (χ2n) is 9.61. The van der Waals surface area contributed by atoms with Gasteiger partial charge in [0.1, 0.15) is 17.9 Å². The molecule has 1 N–H and O–H groups in total. The summed E-state index contributed by atoms with van der Waals surface area (Å²) in [5, 5.41) is 10.5. The zero-order chi connectivity index (χ0) is 28.3. The summed E-state index contributed by atoms with van der Waals surface area (Å²) in [6, 6.07) is 6.61. The molecule has 0 spiro atoms. The molecule has 216 valence electrons. The number of hydrogen-bond donors (Lipinski definition) is 1. The van der Waals surface area contributed by atoms with Crippen LogP contribution >= 0.6 is 0 Å². The number of ketones is 2. The summed E-state index contributed by atoms with van der Waals surface area (Å²) in [6.45, 7) is 1.29. The van der Waals surface area contributed by atoms with E-state index < -0.39 is 24.2 Å². The number of nitrogens with zero attached hydrogens (tertiary/aromatic N) is 2. The molecule has 0 aromatic heterocycles. The van der Waals surface area contributed by atoms with E-state index in [4.69, 9.17) is 4.74 Å². The fourth-order valence-electron chi connectivity index (χ4n) is 4.22. The standard InChI is InChI=1S/C29H41N3O7.2Rb.H2/c33-17-6-2-1-5-15-30-27(36)10-7-18-39-19-16-31-28(37)21-29(38)32-23-13-11-22(12-14-23)20-26(35)24-8-3-4-9-25(24)34;;;/h11-14,17,24H,1-10,15-16,18-21H2,(H3,30,31,32,36,37,38);;;1H/q;2*+1;/p-2. The Balaban J connectivity index is 0. The largest absolute Gasteiger partial charge is 1.00 e. The summed E-state index contributed by atoms with van der Waals surface area (Å²) < 4.78 is 5.38. The van der Waals surface area contributed by atoms with Crippen LogP contribution in [0.1, 0.15) is 77.6 Å². The predicted molar refractivity (Wildman–Crippen MR) is 148 cm³/mol. The number of rotatable bonds is 19. The van der Waals surface area contributed by atoms with E-state index in [-0.39, 0.29) is 155 Å². The van der Waals surface area contributed by atoms with Gasteiger partial charge in [-0.3, -0.25) is 14.4 Å². The number of carbonyl (C=O) groups excluding carboxylic acids is 6. The van der Waals surface area contributed by atoms with Crippen LogP contribution in [0.4, 0.5) is 5.69 Å². The number of nitrogens with one attached hydrogen (secondary N) is 1. The Morgan fingerprint density at radius 2 is 1.73 bits per heavy atom. The Morgan fingerprint density at radius 3 is 2.44 bits per heavy atom. The molecule has 1 aliphatic rings. The first-order chi connectivity index (χ1) is 18.9. The molecule has 1 unspecified atom stereocenters. The third-order valence-corrected chi connectivity index (χ3v) is 6.35. The molecule has 1 aromatic rings. The molecule has 0 heterocycles. The Bertz CT molecular complexity index is 980. The number of amides is 3. The minimum absolute atomic E-state index is 0. The maximum Gasteiger partial charge on any atom is 1.00 e. The Kier molecular flexibility index (Phi) is 25.7. The van der Waals surface area contributed by atoms with E-state index in [2.05, 4.69) is 16.0 Å². The third-order valence-electron chi connectivity index (χ3n) is 6.35. The van der Waals surface area contributed by atoms with Gasteiger partial charge in [-0.25, -0.2) is 0 Å². The van der Waals surface area contributed by atoms with Gasteiger partial charge >= 0.3 is 116 Å². The van der Waals surface area contributed by atoms with Crippen LogP contribution in [0.3, 0.4) is 0 Å². The monoisotopic (exact) mass is 713 g/mol. The minimum Gasteiger partial charge on any atom is -0.651 e. The predicted octanol–water partition coefficient (Wildman–Crippen LogP) is -1.69. The van der Waals surface area contributed by atoms with Gasteiger partial charge in [-0.1, -0.05) is 37.1 Å². The second-order valence-corrected chi connectivity index (χ2v) is 9.61. The van der Waals surface area contributed by atoms with Gasteiger partial charge in [-0.15, -0.1) is 12.2 Å². The quantitative estimate of drug-likeness (QED) is 0.102. The zero-order valence-corrected chi connectivity index (χ0v) is 34.4. The molecule has 12 heteroatoms. The molecule has 10 nitrogen and oxygen atoms in total. The maximum absolute atomic E-state index is 12.4. The number of carbonyl (C=O) groups is 6. The van der Waals surface area contributed by atoms with Gasteiger partial charge < -0.3 is 35.1 Å². The van der Waals surface area contributed by atoms with E-state index in [1.54, 1.807) is 24.3 Å². The number of benzene rings is 1. The van der Waals surface area contributed by atoms with Gasteiger partial charge in [-0.05, 0) is 37.7 Å². The van der Waals surface area contributed by atoms with Gasteiger partial charge in [0.2, 0.25) is 5.91 Å². The van der Waals surface area contributed by atoms with Crippen molar-refractivity contribution in [1.82, 2.24) is 5.32 Å². The van der Waals surface area contributed by atoms with E-state index in [1.807, 2.05) is 0 Å². The van der Waals surface area contributed by atoms with Crippen LogP contribution in [0.25, 0.3) is 10.6 Å². The van der Waals surface area contributed by atoms with Crippen molar-refractivity contribution < 1.29 is 151 Å². The molecule has 1 saturated carbocycles. The van der Waals surface area contributed by atoms with Crippen LogP contribution < -0.4 is 122 Å². The summed E-state index contributed by atoms with van der Waals surface area (Å²) in [7, 11) is 0.